The SMILES string of the molecule is Cc1cc2c3c(c1)N(c1ccc4c(c1)C(c1ccccc1)(c1ccccc1)c1ccccc1-4)c1c(sc4cc5c(cc14)C(C)(C)CCC5(C)C)B3c1cc3c(cc1N2c1ccc(C(C)(C)C)cc1)C(C)(C)CCC3(C)C. The zero-order chi connectivity index (χ0) is 52.6. The Morgan fingerprint density at radius 3 is 1.58 bits per heavy atom. The first kappa shape index (κ1) is 47.8. The molecule has 4 heteroatoms. The van der Waals surface area contributed by atoms with Crippen molar-refractivity contribution in [2.45, 2.75) is 141 Å². The second-order valence-corrected chi connectivity index (χ2v) is 28.2. The van der Waals surface area contributed by atoms with Crippen LogP contribution in [0.1, 0.15) is 157 Å². The van der Waals surface area contributed by atoms with Crippen molar-refractivity contribution >= 4 is 78.0 Å². The fourth-order valence-corrected chi connectivity index (χ4v) is 16.3. The maximum atomic E-state index is 2.74. The van der Waals surface area contributed by atoms with Gasteiger partial charge in [0, 0.05) is 43.3 Å². The first-order valence-electron chi connectivity index (χ1n) is 28.2. The average molecular weight is 1010 g/mol. The Balaban J connectivity index is 1.11. The van der Waals surface area contributed by atoms with Crippen LogP contribution in [0.3, 0.4) is 0 Å². The van der Waals surface area contributed by atoms with Crippen molar-refractivity contribution in [3.63, 3.8) is 0 Å². The standard InChI is InChI=1S/C72H71BN2S/c1-44-37-61-64-62(38-44)75(49-31-32-51-50-25-19-20-26-53(50)72(54(51)39-49,46-21-15-13-16-22-46)47-23-17-14-18-24-47)65-52-40-55-58(71(11,12)36-33-68(55,5)6)43-63(52)76-66(65)73(64)59-41-56-57(70(9,10)35-34-69(56,7)8)42-60(59)74(61)48-29-27-45(28-30-48)67(2,3)4/h13-32,37-43H,33-36H2,1-12H3. The van der Waals surface area contributed by atoms with Crippen molar-refractivity contribution in [2.75, 3.05) is 9.80 Å². The lowest BCUT2D eigenvalue weighted by atomic mass is 9.35. The topological polar surface area (TPSA) is 6.48 Å². The van der Waals surface area contributed by atoms with E-state index in [1.807, 2.05) is 0 Å². The van der Waals surface area contributed by atoms with Crippen LogP contribution in [0.4, 0.5) is 34.1 Å². The molecule has 76 heavy (non-hydrogen) atoms. The van der Waals surface area contributed by atoms with Gasteiger partial charge in [-0.15, -0.1) is 11.3 Å². The van der Waals surface area contributed by atoms with Gasteiger partial charge < -0.3 is 9.80 Å². The lowest BCUT2D eigenvalue weighted by molar-refractivity contribution is 0.332. The predicted octanol–water partition coefficient (Wildman–Crippen LogP) is 17.7. The van der Waals surface area contributed by atoms with Crippen LogP contribution < -0.4 is 25.5 Å². The van der Waals surface area contributed by atoms with E-state index in [4.69, 9.17) is 0 Å². The minimum absolute atomic E-state index is 0.0324. The highest BCUT2D eigenvalue weighted by molar-refractivity contribution is 7.33. The van der Waals surface area contributed by atoms with Crippen LogP contribution in [0.5, 0.6) is 0 Å². The Morgan fingerprint density at radius 2 is 0.974 bits per heavy atom. The third kappa shape index (κ3) is 6.65. The second-order valence-electron chi connectivity index (χ2n) is 27.1. The van der Waals surface area contributed by atoms with Crippen molar-refractivity contribution < 1.29 is 0 Å². The molecule has 2 aliphatic heterocycles. The Labute approximate surface area is 456 Å². The summed E-state index contributed by atoms with van der Waals surface area (Å²) < 4.78 is 2.84. The maximum Gasteiger partial charge on any atom is 0.264 e. The van der Waals surface area contributed by atoms with Crippen LogP contribution in [0.15, 0.2) is 164 Å². The number of anilines is 6. The van der Waals surface area contributed by atoms with Crippen molar-refractivity contribution in [3.8, 4) is 11.1 Å². The Morgan fingerprint density at radius 1 is 0.461 bits per heavy atom. The molecule has 0 radical (unpaired) electrons. The van der Waals surface area contributed by atoms with Gasteiger partial charge in [0.2, 0.25) is 0 Å². The van der Waals surface area contributed by atoms with Gasteiger partial charge >= 0.3 is 0 Å². The van der Waals surface area contributed by atoms with Crippen LogP contribution in [-0.4, -0.2) is 6.71 Å². The number of fused-ring (bicyclic) bond motifs is 11. The summed E-state index contributed by atoms with van der Waals surface area (Å²) >= 11 is 2.07. The molecule has 14 rings (SSSR count). The predicted molar refractivity (Wildman–Crippen MR) is 327 cm³/mol. The molecule has 5 aliphatic rings. The van der Waals surface area contributed by atoms with Gasteiger partial charge in [0.1, 0.15) is 0 Å². The van der Waals surface area contributed by atoms with Gasteiger partial charge in [0.25, 0.3) is 6.71 Å². The normalized spacial score (nSPS) is 18.5. The Hall–Kier alpha value is -6.62. The molecule has 0 unspecified atom stereocenters. The minimum atomic E-state index is -0.530. The molecule has 378 valence electrons. The van der Waals surface area contributed by atoms with Crippen molar-refractivity contribution in [1.29, 1.82) is 0 Å². The van der Waals surface area contributed by atoms with E-state index < -0.39 is 5.41 Å². The van der Waals surface area contributed by atoms with Crippen molar-refractivity contribution in [3.05, 3.63) is 219 Å². The van der Waals surface area contributed by atoms with E-state index in [9.17, 15) is 0 Å². The summed E-state index contributed by atoms with van der Waals surface area (Å²) in [7, 11) is 0. The molecule has 0 spiro atoms. The highest BCUT2D eigenvalue weighted by Gasteiger charge is 2.51. The van der Waals surface area contributed by atoms with Crippen molar-refractivity contribution in [1.82, 2.24) is 0 Å². The number of hydrogen-bond donors (Lipinski definition) is 0. The lowest BCUT2D eigenvalue weighted by Crippen LogP contribution is -2.61. The quantitative estimate of drug-likeness (QED) is 0.162. The van der Waals surface area contributed by atoms with Gasteiger partial charge in [-0.3, -0.25) is 0 Å². The first-order chi connectivity index (χ1) is 36.2. The molecular formula is C72H71BN2S. The van der Waals surface area contributed by atoms with E-state index in [0.29, 0.717) is 0 Å². The van der Waals surface area contributed by atoms with Crippen LogP contribution in [-0.2, 0) is 32.5 Å². The molecular weight excluding hydrogens is 936 g/mol. The van der Waals surface area contributed by atoms with Crippen LogP contribution in [0.25, 0.3) is 21.2 Å². The van der Waals surface area contributed by atoms with E-state index in [1.165, 1.54) is 152 Å². The lowest BCUT2D eigenvalue weighted by Gasteiger charge is -2.47. The molecule has 3 aliphatic carbocycles. The Kier molecular flexibility index (Phi) is 10.1. The van der Waals surface area contributed by atoms with Gasteiger partial charge in [-0.1, -0.05) is 185 Å². The monoisotopic (exact) mass is 1010 g/mol. The fraction of sp³-hybridized carbons (Fsp3) is 0.306. The summed E-state index contributed by atoms with van der Waals surface area (Å²) in [5.41, 5.74) is 26.7. The summed E-state index contributed by atoms with van der Waals surface area (Å²) in [5.74, 6) is 0. The number of benzene rings is 8. The minimum Gasteiger partial charge on any atom is -0.311 e. The van der Waals surface area contributed by atoms with Crippen LogP contribution in [0.2, 0.25) is 0 Å². The van der Waals surface area contributed by atoms with E-state index in [0.717, 1.165) is 0 Å². The zero-order valence-corrected chi connectivity index (χ0v) is 47.6. The first-order valence-corrected chi connectivity index (χ1v) is 29.0. The molecule has 0 N–H and O–H groups in total. The van der Waals surface area contributed by atoms with E-state index >= 15 is 0 Å². The highest BCUT2D eigenvalue weighted by atomic mass is 32.1. The fourth-order valence-electron chi connectivity index (χ4n) is 15.0. The summed E-state index contributed by atoms with van der Waals surface area (Å²) in [6, 6.07) is 64.6. The van der Waals surface area contributed by atoms with Gasteiger partial charge in [-0.2, -0.15) is 0 Å². The molecule has 1 aromatic heterocycles. The number of hydrogen-bond acceptors (Lipinski definition) is 3. The molecule has 0 amide bonds. The summed E-state index contributed by atoms with van der Waals surface area (Å²) in [6.07, 6.45) is 4.70. The van der Waals surface area contributed by atoms with Crippen LogP contribution in [0, 0.1) is 6.92 Å². The van der Waals surface area contributed by atoms with E-state index in [1.54, 1.807) is 0 Å². The molecule has 0 fully saturated rings. The maximum absolute atomic E-state index is 2.74. The number of aryl methyl sites for hydroxylation is 1. The Bertz CT molecular complexity index is 3840. The number of nitrogens with zero attached hydrogens (tertiary/aromatic N) is 2. The molecule has 9 aromatic rings. The summed E-state index contributed by atoms with van der Waals surface area (Å²) in [5, 5.41) is 1.38. The number of rotatable bonds is 4. The third-order valence-electron chi connectivity index (χ3n) is 19.4. The summed E-state index contributed by atoms with van der Waals surface area (Å²) in [4.78, 5) is 5.41. The van der Waals surface area contributed by atoms with Gasteiger partial charge in [-0.25, -0.2) is 0 Å². The highest BCUT2D eigenvalue weighted by Crippen LogP contribution is 2.59. The molecule has 2 nitrogen and oxygen atoms in total. The largest absolute Gasteiger partial charge is 0.311 e. The zero-order valence-electron chi connectivity index (χ0n) is 46.8. The van der Waals surface area contributed by atoms with Crippen molar-refractivity contribution in [2.24, 2.45) is 0 Å². The molecule has 3 heterocycles. The summed E-state index contributed by atoms with van der Waals surface area (Å²) in [6.45, 7) is 29.3. The second kappa shape index (κ2) is 16.0. The molecule has 0 saturated carbocycles. The molecule has 0 saturated heterocycles. The molecule has 0 atom stereocenters. The van der Waals surface area contributed by atoms with Gasteiger partial charge in [0.05, 0.1) is 11.1 Å². The third-order valence-corrected chi connectivity index (χ3v) is 20.6. The molecule has 0 bridgehead atoms. The van der Waals surface area contributed by atoms with E-state index in [2.05, 4.69) is 268 Å². The number of thiophene rings is 1. The van der Waals surface area contributed by atoms with Crippen LogP contribution >= 0.6 is 11.3 Å². The molecule has 8 aromatic carbocycles. The average Bonchev–Trinajstić information content (AvgIpc) is 4.03. The van der Waals surface area contributed by atoms with Gasteiger partial charge in [0.15, 0.2) is 0 Å². The van der Waals surface area contributed by atoms with E-state index in [-0.39, 0.29) is 33.8 Å². The van der Waals surface area contributed by atoms with Gasteiger partial charge in [-0.05, 0) is 192 Å². The smallest absolute Gasteiger partial charge is 0.264 e.